The van der Waals surface area contributed by atoms with E-state index in [-0.39, 0.29) is 5.56 Å². The largest absolute Gasteiger partial charge is 0.488 e. The van der Waals surface area contributed by atoms with Gasteiger partial charge in [-0.15, -0.1) is 0 Å². The van der Waals surface area contributed by atoms with E-state index in [9.17, 15) is 18.3 Å². The fourth-order valence-electron chi connectivity index (χ4n) is 4.72. The van der Waals surface area contributed by atoms with Crippen LogP contribution in [-0.2, 0) is 18.8 Å². The molecule has 1 saturated heterocycles. The normalized spacial score (nSPS) is 17.4. The Balaban J connectivity index is 1.50. The molecule has 3 aromatic heterocycles. The van der Waals surface area contributed by atoms with E-state index in [1.807, 2.05) is 0 Å². The van der Waals surface area contributed by atoms with E-state index in [0.717, 1.165) is 44.6 Å². The van der Waals surface area contributed by atoms with Gasteiger partial charge in [0.2, 0.25) is 0 Å². The minimum Gasteiger partial charge on any atom is -0.488 e. The van der Waals surface area contributed by atoms with Gasteiger partial charge < -0.3 is 19.3 Å². The topological polar surface area (TPSA) is 76.3 Å². The van der Waals surface area contributed by atoms with E-state index < -0.39 is 17.5 Å². The van der Waals surface area contributed by atoms with Crippen LogP contribution in [0.25, 0.3) is 10.9 Å². The second-order valence-corrected chi connectivity index (χ2v) is 10.3. The highest BCUT2D eigenvalue weighted by Crippen LogP contribution is 2.44. The molecule has 4 heterocycles. The summed E-state index contributed by atoms with van der Waals surface area (Å²) < 4.78 is 47.4. The monoisotopic (exact) mass is 543 g/mol. The van der Waals surface area contributed by atoms with Crippen molar-refractivity contribution in [2.24, 2.45) is 13.0 Å². The van der Waals surface area contributed by atoms with Crippen molar-refractivity contribution in [1.29, 1.82) is 0 Å². The van der Waals surface area contributed by atoms with Crippen molar-refractivity contribution in [2.75, 3.05) is 24.6 Å². The SMILES string of the molecule is Cn1cncc1C(O)(c1ccc(C(F)(F)F)nc1)c1ccc2nc(N3CCC3)c(OCC3CC3)c(Cl)c2c1. The van der Waals surface area contributed by atoms with Crippen molar-refractivity contribution in [3.63, 3.8) is 0 Å². The standard InChI is InChI=1S/C27H25ClF3N5O2/c1-35-15-32-13-22(35)26(37,18-6-8-21(33-12-18)27(29,30)31)17-5-7-20-19(11-17)23(28)24(38-14-16-3-4-16)25(34-20)36-9-2-10-36/h5-8,11-13,15-16,37H,2-4,9-10,14H2,1H3. The van der Waals surface area contributed by atoms with E-state index in [1.54, 1.807) is 29.8 Å². The molecule has 1 atom stereocenters. The molecule has 0 spiro atoms. The predicted molar refractivity (Wildman–Crippen MR) is 136 cm³/mol. The van der Waals surface area contributed by atoms with Gasteiger partial charge in [-0.25, -0.2) is 9.97 Å². The number of aliphatic hydroxyl groups is 1. The molecule has 11 heteroatoms. The number of anilines is 1. The van der Waals surface area contributed by atoms with E-state index in [2.05, 4.69) is 14.9 Å². The van der Waals surface area contributed by atoms with Crippen molar-refractivity contribution >= 4 is 28.3 Å². The summed E-state index contributed by atoms with van der Waals surface area (Å²) in [5, 5.41) is 13.2. The van der Waals surface area contributed by atoms with Crippen LogP contribution in [0.1, 0.15) is 41.8 Å². The number of hydrogen-bond acceptors (Lipinski definition) is 6. The van der Waals surface area contributed by atoms with Crippen LogP contribution in [0.15, 0.2) is 49.1 Å². The molecule has 4 aromatic rings. The van der Waals surface area contributed by atoms with Crippen molar-refractivity contribution in [3.05, 3.63) is 76.6 Å². The molecule has 1 N–H and O–H groups in total. The van der Waals surface area contributed by atoms with Crippen LogP contribution in [0.5, 0.6) is 5.75 Å². The van der Waals surface area contributed by atoms with Crippen LogP contribution in [-0.4, -0.2) is 44.3 Å². The molecular formula is C27H25ClF3N5O2. The molecule has 1 aliphatic heterocycles. The molecule has 1 saturated carbocycles. The number of pyridine rings is 2. The third kappa shape index (κ3) is 4.25. The first-order chi connectivity index (χ1) is 18.2. The Hall–Kier alpha value is -3.37. The fourth-order valence-corrected chi connectivity index (χ4v) is 5.01. The zero-order chi connectivity index (χ0) is 26.7. The predicted octanol–water partition coefficient (Wildman–Crippen LogP) is 5.32. The molecule has 0 bridgehead atoms. The Morgan fingerprint density at radius 1 is 1.11 bits per heavy atom. The molecule has 198 valence electrons. The molecule has 0 amide bonds. The highest BCUT2D eigenvalue weighted by Gasteiger charge is 2.39. The average Bonchev–Trinajstić information content (AvgIpc) is 3.59. The van der Waals surface area contributed by atoms with Gasteiger partial charge in [0.05, 0.1) is 35.4 Å². The van der Waals surface area contributed by atoms with Gasteiger partial charge in [0, 0.05) is 37.3 Å². The second-order valence-electron chi connectivity index (χ2n) is 9.94. The van der Waals surface area contributed by atoms with Crippen LogP contribution >= 0.6 is 11.6 Å². The third-order valence-electron chi connectivity index (χ3n) is 7.25. The zero-order valence-corrected chi connectivity index (χ0v) is 21.3. The maximum absolute atomic E-state index is 13.2. The van der Waals surface area contributed by atoms with Gasteiger partial charge in [-0.05, 0) is 48.9 Å². The molecule has 6 rings (SSSR count). The van der Waals surface area contributed by atoms with Gasteiger partial charge in [-0.3, -0.25) is 4.98 Å². The maximum Gasteiger partial charge on any atom is 0.433 e. The molecule has 1 aliphatic carbocycles. The number of rotatable bonds is 7. The first kappa shape index (κ1) is 24.9. The van der Waals surface area contributed by atoms with Crippen molar-refractivity contribution < 1.29 is 23.0 Å². The first-order valence-electron chi connectivity index (χ1n) is 12.4. The molecule has 0 radical (unpaired) electrons. The van der Waals surface area contributed by atoms with Crippen LogP contribution < -0.4 is 9.64 Å². The van der Waals surface area contributed by atoms with Crippen molar-refractivity contribution in [1.82, 2.24) is 19.5 Å². The third-order valence-corrected chi connectivity index (χ3v) is 7.63. The fraction of sp³-hybridized carbons (Fsp3) is 0.370. The van der Waals surface area contributed by atoms with Crippen molar-refractivity contribution in [2.45, 2.75) is 31.0 Å². The molecule has 1 unspecified atom stereocenters. The zero-order valence-electron chi connectivity index (χ0n) is 20.5. The number of aromatic nitrogens is 4. The number of fused-ring (bicyclic) bond motifs is 1. The van der Waals surface area contributed by atoms with E-state index in [4.69, 9.17) is 21.3 Å². The molecule has 2 fully saturated rings. The lowest BCUT2D eigenvalue weighted by Crippen LogP contribution is -2.38. The van der Waals surface area contributed by atoms with Gasteiger partial charge in [0.15, 0.2) is 17.2 Å². The summed E-state index contributed by atoms with van der Waals surface area (Å²) in [5.41, 5.74) is -1.41. The summed E-state index contributed by atoms with van der Waals surface area (Å²) in [5.74, 6) is 1.73. The number of halogens is 4. The van der Waals surface area contributed by atoms with Crippen molar-refractivity contribution in [3.8, 4) is 5.75 Å². The van der Waals surface area contributed by atoms with Gasteiger partial charge in [0.1, 0.15) is 5.69 Å². The van der Waals surface area contributed by atoms with E-state index in [1.165, 1.54) is 18.6 Å². The summed E-state index contributed by atoms with van der Waals surface area (Å²) >= 11 is 6.94. The summed E-state index contributed by atoms with van der Waals surface area (Å²) in [6.45, 7) is 2.30. The number of benzene rings is 1. The molecule has 2 aliphatic rings. The Morgan fingerprint density at radius 2 is 1.87 bits per heavy atom. The summed E-state index contributed by atoms with van der Waals surface area (Å²) in [6.07, 6.45) is 2.74. The number of alkyl halides is 3. The Labute approximate surface area is 221 Å². The molecular weight excluding hydrogens is 519 g/mol. The summed E-state index contributed by atoms with van der Waals surface area (Å²) in [6, 6.07) is 7.24. The summed E-state index contributed by atoms with van der Waals surface area (Å²) in [4.78, 5) is 14.7. The van der Waals surface area contributed by atoms with Crippen LogP contribution in [0.3, 0.4) is 0 Å². The minimum atomic E-state index is -4.60. The highest BCUT2D eigenvalue weighted by atomic mass is 35.5. The minimum absolute atomic E-state index is 0.153. The van der Waals surface area contributed by atoms with Gasteiger partial charge in [-0.2, -0.15) is 13.2 Å². The number of hydrogen-bond donors (Lipinski definition) is 1. The average molecular weight is 544 g/mol. The van der Waals surface area contributed by atoms with E-state index >= 15 is 0 Å². The molecule has 1 aromatic carbocycles. The van der Waals surface area contributed by atoms with E-state index in [0.29, 0.717) is 51.3 Å². The first-order valence-corrected chi connectivity index (χ1v) is 12.8. The summed E-state index contributed by atoms with van der Waals surface area (Å²) in [7, 11) is 1.70. The van der Waals surface area contributed by atoms with Gasteiger partial charge >= 0.3 is 6.18 Å². The number of ether oxygens (including phenoxy) is 1. The number of imidazole rings is 1. The van der Waals surface area contributed by atoms with Gasteiger partial charge in [-0.1, -0.05) is 23.7 Å². The second kappa shape index (κ2) is 9.13. The highest BCUT2D eigenvalue weighted by molar-refractivity contribution is 6.37. The quantitative estimate of drug-likeness (QED) is 0.340. The maximum atomic E-state index is 13.2. The Morgan fingerprint density at radius 3 is 2.45 bits per heavy atom. The Bertz CT molecular complexity index is 1500. The lowest BCUT2D eigenvalue weighted by atomic mass is 9.83. The van der Waals surface area contributed by atoms with Crippen LogP contribution in [0.2, 0.25) is 5.02 Å². The lowest BCUT2D eigenvalue weighted by molar-refractivity contribution is -0.141. The molecule has 38 heavy (non-hydrogen) atoms. The molecule has 7 nitrogen and oxygen atoms in total. The van der Waals surface area contributed by atoms with Crippen LogP contribution in [0.4, 0.5) is 19.0 Å². The smallest absolute Gasteiger partial charge is 0.433 e. The number of aryl methyl sites for hydroxylation is 1. The van der Waals surface area contributed by atoms with Crippen LogP contribution in [0, 0.1) is 5.92 Å². The number of nitrogens with zero attached hydrogens (tertiary/aromatic N) is 5. The van der Waals surface area contributed by atoms with Gasteiger partial charge in [0.25, 0.3) is 0 Å². The Kier molecular flexibility index (Phi) is 5.99. The lowest BCUT2D eigenvalue weighted by Gasteiger charge is -2.34.